The van der Waals surface area contributed by atoms with Gasteiger partial charge in [-0.3, -0.25) is 9.36 Å². The maximum absolute atomic E-state index is 14.2. The molecule has 0 radical (unpaired) electrons. The smallest absolute Gasteiger partial charge is 0.434 e. The van der Waals surface area contributed by atoms with Gasteiger partial charge < -0.3 is 19.1 Å². The van der Waals surface area contributed by atoms with E-state index in [-0.39, 0.29) is 5.56 Å². The highest BCUT2D eigenvalue weighted by Gasteiger charge is 2.76. The van der Waals surface area contributed by atoms with Crippen LogP contribution in [-0.4, -0.2) is 42.7 Å². The number of carbonyl (C=O) groups excluding carboxylic acids is 2. The molecule has 7 nitrogen and oxygen atoms in total. The average Bonchev–Trinajstić information content (AvgIpc) is 2.56. The summed E-state index contributed by atoms with van der Waals surface area (Å²) >= 11 is 0. The van der Waals surface area contributed by atoms with E-state index >= 15 is 0 Å². The molecule has 1 aromatic carbocycles. The highest BCUT2D eigenvalue weighted by Crippen LogP contribution is 2.66. The van der Waals surface area contributed by atoms with Gasteiger partial charge in [0.05, 0.1) is 19.3 Å². The van der Waals surface area contributed by atoms with E-state index in [0.29, 0.717) is 7.11 Å². The number of esters is 1. The number of methoxy groups -OCH3 is 1. The number of carbonyl (C=O) groups is 2. The van der Waals surface area contributed by atoms with Crippen LogP contribution in [0, 0.1) is 0 Å². The van der Waals surface area contributed by atoms with Crippen LogP contribution in [0.25, 0.3) is 0 Å². The number of hydrogen-bond donors (Lipinski definition) is 1. The first-order chi connectivity index (χ1) is 12.8. The third kappa shape index (κ3) is 4.92. The summed E-state index contributed by atoms with van der Waals surface area (Å²) in [5.41, 5.74) is -0.194. The number of benzene rings is 1. The molecule has 0 saturated carbocycles. The van der Waals surface area contributed by atoms with Crippen LogP contribution in [-0.2, 0) is 23.1 Å². The molecule has 0 aromatic heterocycles. The molecule has 0 saturated heterocycles. The highest BCUT2D eigenvalue weighted by atomic mass is 31.2. The Morgan fingerprint density at radius 2 is 1.46 bits per heavy atom. The fourth-order valence-electron chi connectivity index (χ4n) is 2.28. The minimum absolute atomic E-state index is 0.194. The molecule has 0 fully saturated rings. The maximum Gasteiger partial charge on any atom is 0.434 e. The van der Waals surface area contributed by atoms with E-state index in [0.717, 1.165) is 0 Å². The summed E-state index contributed by atoms with van der Waals surface area (Å²) in [5.74, 6) is -3.32. The topological polar surface area (TPSA) is 90.9 Å². The predicted octanol–water partition coefficient (Wildman–Crippen LogP) is 3.89. The second-order valence-electron chi connectivity index (χ2n) is 6.33. The summed E-state index contributed by atoms with van der Waals surface area (Å²) in [7, 11) is -4.70. The van der Waals surface area contributed by atoms with Gasteiger partial charge in [-0.25, -0.2) is 4.79 Å². The van der Waals surface area contributed by atoms with E-state index in [1.165, 1.54) is 57.3 Å². The van der Waals surface area contributed by atoms with Gasteiger partial charge in [0.25, 0.3) is 5.91 Å². The number of rotatable bonds is 8. The molecule has 1 N–H and O–H groups in total. The molecule has 0 aliphatic carbocycles. The summed E-state index contributed by atoms with van der Waals surface area (Å²) < 4.78 is 70.4. The Hall–Kier alpha value is -1.90. The van der Waals surface area contributed by atoms with Gasteiger partial charge >= 0.3 is 25.0 Å². The zero-order valence-electron chi connectivity index (χ0n) is 16.1. The predicted molar refractivity (Wildman–Crippen MR) is 94.8 cm³/mol. The second-order valence-corrected chi connectivity index (χ2v) is 8.41. The third-order valence-corrected chi connectivity index (χ3v) is 6.10. The van der Waals surface area contributed by atoms with Crippen LogP contribution in [0.5, 0.6) is 0 Å². The largest absolute Gasteiger partial charge is 0.467 e. The third-order valence-electron chi connectivity index (χ3n) is 3.33. The summed E-state index contributed by atoms with van der Waals surface area (Å²) in [6.07, 6.45) is -7.61. The van der Waals surface area contributed by atoms with E-state index in [9.17, 15) is 27.3 Å². The Bertz CT molecular complexity index is 724. The Balaban J connectivity index is 3.71. The van der Waals surface area contributed by atoms with Crippen LogP contribution in [0.4, 0.5) is 13.2 Å². The number of alkyl halides is 3. The van der Waals surface area contributed by atoms with E-state index < -0.39 is 43.1 Å². The van der Waals surface area contributed by atoms with Gasteiger partial charge in [-0.1, -0.05) is 18.2 Å². The van der Waals surface area contributed by atoms with Crippen LogP contribution >= 0.6 is 7.60 Å². The fraction of sp³-hybridized carbons (Fsp3) is 0.529. The van der Waals surface area contributed by atoms with Crippen LogP contribution in [0.3, 0.4) is 0 Å². The Labute approximate surface area is 161 Å². The zero-order chi connectivity index (χ0) is 21.8. The minimum atomic E-state index is -5.57. The van der Waals surface area contributed by atoms with Crippen molar-refractivity contribution in [3.63, 3.8) is 0 Å². The van der Waals surface area contributed by atoms with E-state index in [1.54, 1.807) is 6.07 Å². The van der Waals surface area contributed by atoms with E-state index in [4.69, 9.17) is 9.05 Å². The molecule has 11 heteroatoms. The van der Waals surface area contributed by atoms with Crippen molar-refractivity contribution in [3.05, 3.63) is 35.9 Å². The van der Waals surface area contributed by atoms with Crippen molar-refractivity contribution in [2.24, 2.45) is 0 Å². The molecular weight excluding hydrogens is 402 g/mol. The summed E-state index contributed by atoms with van der Waals surface area (Å²) in [6.45, 7) is 5.25. The van der Waals surface area contributed by atoms with Gasteiger partial charge in [0, 0.05) is 5.56 Å². The lowest BCUT2D eigenvalue weighted by molar-refractivity contribution is -0.195. The molecule has 1 atom stereocenters. The molecular formula is C17H23F3NO6P. The number of amides is 1. The van der Waals surface area contributed by atoms with Gasteiger partial charge in [0.2, 0.25) is 0 Å². The van der Waals surface area contributed by atoms with Crippen molar-refractivity contribution in [1.82, 2.24) is 5.32 Å². The molecule has 0 unspecified atom stereocenters. The van der Waals surface area contributed by atoms with Gasteiger partial charge in [0.15, 0.2) is 0 Å². The fourth-order valence-corrected chi connectivity index (χ4v) is 4.62. The molecule has 1 aromatic rings. The SMILES string of the molecule is COC(=O)[C@@](NC(=O)c1ccccc1)(C(F)(F)F)P(=O)(OC(C)C)OC(C)C. The lowest BCUT2D eigenvalue weighted by Crippen LogP contribution is -2.64. The summed E-state index contributed by atoms with van der Waals surface area (Å²) in [5, 5.41) is -2.52. The first-order valence-corrected chi connectivity index (χ1v) is 9.84. The Morgan fingerprint density at radius 3 is 1.82 bits per heavy atom. The maximum atomic E-state index is 14.2. The molecule has 0 bridgehead atoms. The highest BCUT2D eigenvalue weighted by molar-refractivity contribution is 7.57. The van der Waals surface area contributed by atoms with Gasteiger partial charge in [-0.2, -0.15) is 13.2 Å². The van der Waals surface area contributed by atoms with Crippen molar-refractivity contribution >= 4 is 19.5 Å². The zero-order valence-corrected chi connectivity index (χ0v) is 17.0. The number of hydrogen-bond acceptors (Lipinski definition) is 6. The number of halogens is 3. The van der Waals surface area contributed by atoms with Crippen molar-refractivity contribution in [1.29, 1.82) is 0 Å². The molecule has 0 aliphatic rings. The molecule has 0 spiro atoms. The first kappa shape index (κ1) is 24.1. The molecule has 1 amide bonds. The van der Waals surface area contributed by atoms with Crippen LogP contribution in [0.2, 0.25) is 0 Å². The Kier molecular flexibility index (Phi) is 7.82. The molecule has 0 aliphatic heterocycles. The van der Waals surface area contributed by atoms with Gasteiger partial charge in [-0.15, -0.1) is 0 Å². The normalized spacial score (nSPS) is 14.6. The monoisotopic (exact) mass is 425 g/mol. The summed E-state index contributed by atoms with van der Waals surface area (Å²) in [4.78, 5) is 24.9. The van der Waals surface area contributed by atoms with Crippen molar-refractivity contribution in [2.75, 3.05) is 7.11 Å². The standard InChI is InChI=1S/C17H23F3NO6P/c1-11(2)26-28(24,27-12(3)4)16(15(23)25-5,17(18,19)20)21-14(22)13-9-7-6-8-10-13/h6-12H,1-5H3,(H,21,22)/t16-/m0/s1. The van der Waals surface area contributed by atoms with Crippen molar-refractivity contribution < 1.29 is 41.1 Å². The molecule has 28 heavy (non-hydrogen) atoms. The summed E-state index contributed by atoms with van der Waals surface area (Å²) in [6, 6.07) is 6.83. The lowest BCUT2D eigenvalue weighted by Gasteiger charge is -2.39. The molecule has 1 rings (SSSR count). The Morgan fingerprint density at radius 1 is 1.00 bits per heavy atom. The molecule has 0 heterocycles. The lowest BCUT2D eigenvalue weighted by atomic mass is 10.2. The van der Waals surface area contributed by atoms with Crippen LogP contribution in [0.1, 0.15) is 38.1 Å². The first-order valence-electron chi connectivity index (χ1n) is 8.30. The van der Waals surface area contributed by atoms with Crippen LogP contribution < -0.4 is 5.32 Å². The number of ether oxygens (including phenoxy) is 1. The second kappa shape index (κ2) is 9.07. The quantitative estimate of drug-likeness (QED) is 0.502. The van der Waals surface area contributed by atoms with E-state index in [1.807, 2.05) is 0 Å². The van der Waals surface area contributed by atoms with Crippen LogP contribution in [0.15, 0.2) is 30.3 Å². The van der Waals surface area contributed by atoms with Crippen molar-refractivity contribution in [2.45, 2.75) is 51.4 Å². The van der Waals surface area contributed by atoms with Crippen molar-refractivity contribution in [3.8, 4) is 0 Å². The van der Waals surface area contributed by atoms with Gasteiger partial charge in [-0.05, 0) is 39.8 Å². The average molecular weight is 425 g/mol. The van der Waals surface area contributed by atoms with E-state index in [2.05, 4.69) is 4.74 Å². The number of nitrogens with one attached hydrogen (secondary N) is 1. The molecule has 158 valence electrons. The minimum Gasteiger partial charge on any atom is -0.467 e. The van der Waals surface area contributed by atoms with Gasteiger partial charge in [0.1, 0.15) is 0 Å².